The van der Waals surface area contributed by atoms with Crippen LogP contribution in [-0.2, 0) is 14.4 Å². The van der Waals surface area contributed by atoms with E-state index in [9.17, 15) is 29.7 Å². The minimum atomic E-state index is -1.37. The van der Waals surface area contributed by atoms with Crippen molar-refractivity contribution in [1.29, 1.82) is 0 Å². The monoisotopic (exact) mass is 525 g/mol. The van der Waals surface area contributed by atoms with Gasteiger partial charge in [-0.05, 0) is 38.5 Å². The second-order valence-corrected chi connectivity index (χ2v) is 10.4. The summed E-state index contributed by atoms with van der Waals surface area (Å²) in [5.41, 5.74) is 0. The molecule has 0 heterocycles. The highest BCUT2D eigenvalue weighted by atomic mass is 16.4. The summed E-state index contributed by atoms with van der Waals surface area (Å²) in [4.78, 5) is 36.5. The summed E-state index contributed by atoms with van der Waals surface area (Å²) in [5.74, 6) is -3.66. The summed E-state index contributed by atoms with van der Waals surface area (Å²) in [5, 5.41) is 32.1. The van der Waals surface area contributed by atoms with Crippen molar-refractivity contribution in [3.63, 3.8) is 0 Å². The second-order valence-electron chi connectivity index (χ2n) is 10.4. The molecule has 0 amide bonds. The zero-order valence-corrected chi connectivity index (χ0v) is 24.1. The van der Waals surface area contributed by atoms with Crippen molar-refractivity contribution in [2.45, 2.75) is 155 Å². The fraction of sp³-hybridized carbons (Fsp3) is 0.833. The number of quaternary nitrogens is 1. The van der Waals surface area contributed by atoms with Crippen molar-refractivity contribution in [2.75, 3.05) is 6.54 Å². The minimum Gasteiger partial charge on any atom is -0.544 e. The fourth-order valence-corrected chi connectivity index (χ4v) is 5.90. The number of nitrogens with zero attached hydrogens (tertiary/aromatic N) is 1. The van der Waals surface area contributed by atoms with Gasteiger partial charge < -0.3 is 20.1 Å². The average Bonchev–Trinajstić information content (AvgIpc) is 2.84. The van der Waals surface area contributed by atoms with E-state index in [0.717, 1.165) is 38.5 Å². The smallest absolute Gasteiger partial charge is 0.362 e. The van der Waals surface area contributed by atoms with Gasteiger partial charge in [-0.2, -0.15) is 0 Å². The molecule has 7 nitrogen and oxygen atoms in total. The van der Waals surface area contributed by atoms with Gasteiger partial charge in [0.05, 0.1) is 12.5 Å². The SMILES string of the molecule is CCCCCCCC/C=C/CCCCCCCC[N+](C(CC)C(=O)[O-])(C(CC)C(=O)O)C(CC)C(=O)O. The quantitative estimate of drug-likeness (QED) is 0.0846. The molecular weight excluding hydrogens is 470 g/mol. The van der Waals surface area contributed by atoms with E-state index >= 15 is 0 Å². The number of carbonyl (C=O) groups is 3. The van der Waals surface area contributed by atoms with Gasteiger partial charge in [0, 0.05) is 19.3 Å². The van der Waals surface area contributed by atoms with E-state index in [2.05, 4.69) is 19.1 Å². The van der Waals surface area contributed by atoms with Gasteiger partial charge in [-0.15, -0.1) is 0 Å². The van der Waals surface area contributed by atoms with E-state index < -0.39 is 40.5 Å². The highest BCUT2D eigenvalue weighted by Crippen LogP contribution is 2.32. The van der Waals surface area contributed by atoms with E-state index in [-0.39, 0.29) is 25.8 Å². The van der Waals surface area contributed by atoms with Crippen LogP contribution in [0.25, 0.3) is 0 Å². The lowest BCUT2D eigenvalue weighted by Crippen LogP contribution is -2.73. The van der Waals surface area contributed by atoms with Gasteiger partial charge in [0.1, 0.15) is 6.04 Å². The Labute approximate surface area is 225 Å². The number of hydrogen-bond donors (Lipinski definition) is 2. The Balaban J connectivity index is 4.79. The molecule has 0 aromatic carbocycles. The maximum atomic E-state index is 12.2. The summed E-state index contributed by atoms with van der Waals surface area (Å²) in [7, 11) is 0. The summed E-state index contributed by atoms with van der Waals surface area (Å²) >= 11 is 0. The molecule has 0 aliphatic rings. The molecule has 0 aliphatic heterocycles. The van der Waals surface area contributed by atoms with Crippen LogP contribution in [0.2, 0.25) is 0 Å². The molecule has 0 saturated heterocycles. The number of aliphatic carboxylic acids is 3. The largest absolute Gasteiger partial charge is 0.544 e. The minimum absolute atomic E-state index is 0.127. The highest BCUT2D eigenvalue weighted by molar-refractivity contribution is 5.77. The van der Waals surface area contributed by atoms with E-state index in [4.69, 9.17) is 0 Å². The van der Waals surface area contributed by atoms with Crippen molar-refractivity contribution < 1.29 is 34.2 Å². The molecule has 216 valence electrons. The molecular formula is C30H55NO6. The van der Waals surface area contributed by atoms with Crippen LogP contribution in [0.15, 0.2) is 12.2 Å². The van der Waals surface area contributed by atoms with Crippen molar-refractivity contribution in [2.24, 2.45) is 0 Å². The van der Waals surface area contributed by atoms with Gasteiger partial charge in [-0.3, -0.25) is 4.48 Å². The Kier molecular flexibility index (Phi) is 20.0. The summed E-state index contributed by atoms with van der Waals surface area (Å²) in [6, 6.07) is -3.38. The maximum absolute atomic E-state index is 12.2. The predicted molar refractivity (Wildman–Crippen MR) is 147 cm³/mol. The Morgan fingerprint density at radius 2 is 1.00 bits per heavy atom. The molecule has 0 spiro atoms. The van der Waals surface area contributed by atoms with Gasteiger partial charge >= 0.3 is 11.9 Å². The number of rotatable bonds is 25. The third-order valence-corrected chi connectivity index (χ3v) is 7.80. The van der Waals surface area contributed by atoms with Crippen molar-refractivity contribution in [3.8, 4) is 0 Å². The Morgan fingerprint density at radius 3 is 1.35 bits per heavy atom. The van der Waals surface area contributed by atoms with Crippen LogP contribution in [0, 0.1) is 0 Å². The molecule has 37 heavy (non-hydrogen) atoms. The lowest BCUT2D eigenvalue weighted by molar-refractivity contribution is -0.974. The zero-order valence-electron chi connectivity index (χ0n) is 24.1. The molecule has 7 heteroatoms. The first-order valence-electron chi connectivity index (χ1n) is 14.9. The lowest BCUT2D eigenvalue weighted by atomic mass is 9.93. The van der Waals surface area contributed by atoms with Gasteiger partial charge in [0.2, 0.25) is 0 Å². The first kappa shape index (κ1) is 35.1. The third kappa shape index (κ3) is 12.5. The Bertz CT molecular complexity index is 607. The lowest BCUT2D eigenvalue weighted by Gasteiger charge is -2.51. The second kappa shape index (κ2) is 21.1. The zero-order chi connectivity index (χ0) is 28.1. The summed E-state index contributed by atoms with van der Waals surface area (Å²) < 4.78 is -0.472. The van der Waals surface area contributed by atoms with Crippen molar-refractivity contribution >= 4 is 17.9 Å². The molecule has 0 radical (unpaired) electrons. The first-order valence-corrected chi connectivity index (χ1v) is 14.9. The Hall–Kier alpha value is -1.89. The van der Waals surface area contributed by atoms with Crippen LogP contribution in [-0.4, -0.2) is 57.3 Å². The van der Waals surface area contributed by atoms with Gasteiger partial charge in [0.25, 0.3) is 0 Å². The first-order chi connectivity index (χ1) is 17.7. The van der Waals surface area contributed by atoms with Gasteiger partial charge in [-0.1, -0.05) is 91.2 Å². The molecule has 0 rings (SSSR count). The number of carbonyl (C=O) groups excluding carboxylic acids is 1. The molecule has 0 aliphatic carbocycles. The topological polar surface area (TPSA) is 115 Å². The van der Waals surface area contributed by atoms with Gasteiger partial charge in [-0.25, -0.2) is 9.59 Å². The van der Waals surface area contributed by atoms with Crippen LogP contribution in [0.5, 0.6) is 0 Å². The van der Waals surface area contributed by atoms with Crippen LogP contribution in [0.3, 0.4) is 0 Å². The van der Waals surface area contributed by atoms with E-state index in [0.29, 0.717) is 6.42 Å². The van der Waals surface area contributed by atoms with Gasteiger partial charge in [0.15, 0.2) is 12.1 Å². The molecule has 0 bridgehead atoms. The number of carboxylic acids is 3. The molecule has 0 aromatic rings. The molecule has 0 fully saturated rings. The van der Waals surface area contributed by atoms with Crippen molar-refractivity contribution in [3.05, 3.63) is 12.2 Å². The summed E-state index contributed by atoms with van der Waals surface area (Å²) in [6.07, 6.45) is 20.9. The molecule has 3 unspecified atom stereocenters. The molecule has 0 saturated carbocycles. The number of carboxylic acid groups (broad SMARTS) is 3. The summed E-state index contributed by atoms with van der Waals surface area (Å²) in [6.45, 7) is 7.49. The number of hydrogen-bond acceptors (Lipinski definition) is 4. The fourth-order valence-electron chi connectivity index (χ4n) is 5.90. The maximum Gasteiger partial charge on any atom is 0.362 e. The van der Waals surface area contributed by atoms with E-state index in [1.165, 1.54) is 44.9 Å². The average molecular weight is 526 g/mol. The molecule has 2 N–H and O–H groups in total. The van der Waals surface area contributed by atoms with Crippen LogP contribution in [0.1, 0.15) is 137 Å². The normalized spacial score (nSPS) is 15.8. The molecule has 3 atom stereocenters. The van der Waals surface area contributed by atoms with E-state index in [1.807, 2.05) is 0 Å². The van der Waals surface area contributed by atoms with Crippen molar-refractivity contribution in [1.82, 2.24) is 0 Å². The predicted octanol–water partition coefficient (Wildman–Crippen LogP) is 6.10. The van der Waals surface area contributed by atoms with Crippen LogP contribution in [0.4, 0.5) is 0 Å². The van der Waals surface area contributed by atoms with E-state index in [1.54, 1.807) is 20.8 Å². The number of unbranched alkanes of at least 4 members (excludes halogenated alkanes) is 12. The third-order valence-electron chi connectivity index (χ3n) is 7.80. The van der Waals surface area contributed by atoms with Crippen LogP contribution < -0.4 is 5.11 Å². The Morgan fingerprint density at radius 1 is 0.622 bits per heavy atom. The van der Waals surface area contributed by atoms with Crippen LogP contribution >= 0.6 is 0 Å². The number of allylic oxidation sites excluding steroid dienone is 2. The highest BCUT2D eigenvalue weighted by Gasteiger charge is 2.53. The molecule has 0 aromatic heterocycles. The standard InChI is InChI=1S/C30H55NO6/c1-5-9-10-11-12-13-14-15-16-17-18-19-20-21-22-23-24-31(25(6-2)28(32)33,26(7-3)29(34)35)27(8-4)30(36)37/h15-16,25-27H,5-14,17-24H2,1-4H3,(H2-,32,33,34,35,36,37)/b16-15+.